The predicted molar refractivity (Wildman–Crippen MR) is 74.5 cm³/mol. The van der Waals surface area contributed by atoms with Crippen LogP contribution in [0.3, 0.4) is 0 Å². The molecular weight excluding hydrogens is 246 g/mol. The SMILES string of the molecule is Cc1ccc(/C=C/C(=O)N2CCC(C)C(O)C2)s1. The average Bonchev–Trinajstić information content (AvgIpc) is 2.75. The topological polar surface area (TPSA) is 40.5 Å². The van der Waals surface area contributed by atoms with Crippen molar-refractivity contribution in [2.45, 2.75) is 26.4 Å². The van der Waals surface area contributed by atoms with Gasteiger partial charge in [0, 0.05) is 28.9 Å². The monoisotopic (exact) mass is 265 g/mol. The predicted octanol–water partition coefficient (Wildman–Crippen LogP) is 2.30. The summed E-state index contributed by atoms with van der Waals surface area (Å²) in [5.41, 5.74) is 0. The summed E-state index contributed by atoms with van der Waals surface area (Å²) in [5.74, 6) is 0.282. The number of rotatable bonds is 2. The van der Waals surface area contributed by atoms with E-state index in [0.717, 1.165) is 17.8 Å². The zero-order chi connectivity index (χ0) is 13.1. The number of thiophene rings is 1. The molecule has 2 heterocycles. The molecule has 1 fully saturated rings. The van der Waals surface area contributed by atoms with Crippen LogP contribution in [0.15, 0.2) is 18.2 Å². The van der Waals surface area contributed by atoms with Crippen LogP contribution in [0.4, 0.5) is 0 Å². The molecule has 18 heavy (non-hydrogen) atoms. The molecule has 3 nitrogen and oxygen atoms in total. The van der Waals surface area contributed by atoms with Crippen LogP contribution in [0.25, 0.3) is 6.08 Å². The number of amides is 1. The second kappa shape index (κ2) is 5.67. The molecule has 1 saturated heterocycles. The number of hydrogen-bond donors (Lipinski definition) is 1. The van der Waals surface area contributed by atoms with E-state index in [1.165, 1.54) is 4.88 Å². The van der Waals surface area contributed by atoms with Crippen molar-refractivity contribution in [2.24, 2.45) is 5.92 Å². The van der Waals surface area contributed by atoms with Gasteiger partial charge in [-0.3, -0.25) is 4.79 Å². The molecule has 4 heteroatoms. The largest absolute Gasteiger partial charge is 0.391 e. The Morgan fingerprint density at radius 1 is 1.56 bits per heavy atom. The second-order valence-electron chi connectivity index (χ2n) is 4.90. The van der Waals surface area contributed by atoms with Gasteiger partial charge in [-0.25, -0.2) is 0 Å². The number of aliphatic hydroxyl groups excluding tert-OH is 1. The Balaban J connectivity index is 1.94. The highest BCUT2D eigenvalue weighted by atomic mass is 32.1. The Kier molecular flexibility index (Phi) is 4.19. The number of β-amino-alcohol motifs (C(OH)–C–C–N with tert-alkyl or cyclic N) is 1. The number of nitrogens with zero attached hydrogens (tertiary/aromatic N) is 1. The maximum atomic E-state index is 12.0. The molecule has 1 amide bonds. The minimum Gasteiger partial charge on any atom is -0.391 e. The van der Waals surface area contributed by atoms with Gasteiger partial charge in [-0.15, -0.1) is 11.3 Å². The number of likely N-dealkylation sites (tertiary alicyclic amines) is 1. The van der Waals surface area contributed by atoms with Gasteiger partial charge in [0.25, 0.3) is 0 Å². The molecule has 1 aromatic heterocycles. The van der Waals surface area contributed by atoms with Crippen LogP contribution in [0.5, 0.6) is 0 Å². The quantitative estimate of drug-likeness (QED) is 0.834. The smallest absolute Gasteiger partial charge is 0.246 e. The number of aryl methyl sites for hydroxylation is 1. The molecule has 0 saturated carbocycles. The van der Waals surface area contributed by atoms with Crippen LogP contribution in [0, 0.1) is 12.8 Å². The van der Waals surface area contributed by atoms with Crippen LogP contribution < -0.4 is 0 Å². The molecule has 0 spiro atoms. The molecule has 1 aromatic rings. The van der Waals surface area contributed by atoms with Gasteiger partial charge in [0.15, 0.2) is 0 Å². The highest BCUT2D eigenvalue weighted by molar-refractivity contribution is 7.12. The first kappa shape index (κ1) is 13.3. The van der Waals surface area contributed by atoms with Gasteiger partial charge >= 0.3 is 0 Å². The third kappa shape index (κ3) is 3.21. The Bertz CT molecular complexity index is 452. The number of piperidine rings is 1. The number of carbonyl (C=O) groups is 1. The fraction of sp³-hybridized carbons (Fsp3) is 0.500. The Labute approximate surface area is 112 Å². The molecular formula is C14H19NO2S. The lowest BCUT2D eigenvalue weighted by molar-refractivity contribution is -0.130. The van der Waals surface area contributed by atoms with Crippen molar-refractivity contribution in [3.63, 3.8) is 0 Å². The first-order valence-corrected chi connectivity index (χ1v) is 7.09. The van der Waals surface area contributed by atoms with E-state index >= 15 is 0 Å². The number of hydrogen-bond acceptors (Lipinski definition) is 3. The van der Waals surface area contributed by atoms with Crippen molar-refractivity contribution in [3.05, 3.63) is 28.0 Å². The number of carbonyl (C=O) groups excluding carboxylic acids is 1. The van der Waals surface area contributed by atoms with E-state index in [9.17, 15) is 9.90 Å². The normalized spacial score (nSPS) is 24.7. The van der Waals surface area contributed by atoms with Gasteiger partial charge in [0.05, 0.1) is 6.10 Å². The molecule has 1 N–H and O–H groups in total. The Morgan fingerprint density at radius 2 is 2.33 bits per heavy atom. The second-order valence-corrected chi connectivity index (χ2v) is 6.22. The average molecular weight is 265 g/mol. The molecule has 2 atom stereocenters. The Hall–Kier alpha value is -1.13. The summed E-state index contributed by atoms with van der Waals surface area (Å²) in [7, 11) is 0. The van der Waals surface area contributed by atoms with E-state index in [0.29, 0.717) is 6.54 Å². The molecule has 2 rings (SSSR count). The standard InChI is InChI=1S/C14H19NO2S/c1-10-7-8-15(9-13(10)16)14(17)6-5-12-4-3-11(2)18-12/h3-6,10,13,16H,7-9H2,1-2H3/b6-5+. The van der Waals surface area contributed by atoms with Crippen LogP contribution in [-0.2, 0) is 4.79 Å². The highest BCUT2D eigenvalue weighted by Gasteiger charge is 2.26. The van der Waals surface area contributed by atoms with Gasteiger partial charge < -0.3 is 10.0 Å². The van der Waals surface area contributed by atoms with Gasteiger partial charge in [0.2, 0.25) is 5.91 Å². The van der Waals surface area contributed by atoms with Gasteiger partial charge in [-0.2, -0.15) is 0 Å². The fourth-order valence-corrected chi connectivity index (χ4v) is 2.83. The zero-order valence-electron chi connectivity index (χ0n) is 10.8. The lowest BCUT2D eigenvalue weighted by Gasteiger charge is -2.33. The van der Waals surface area contributed by atoms with Crippen molar-refractivity contribution < 1.29 is 9.90 Å². The summed E-state index contributed by atoms with van der Waals surface area (Å²) < 4.78 is 0. The third-order valence-electron chi connectivity index (χ3n) is 3.38. The molecule has 0 bridgehead atoms. The maximum absolute atomic E-state index is 12.0. The van der Waals surface area contributed by atoms with Crippen LogP contribution >= 0.6 is 11.3 Å². The van der Waals surface area contributed by atoms with E-state index in [-0.39, 0.29) is 17.9 Å². The molecule has 98 valence electrons. The van der Waals surface area contributed by atoms with E-state index < -0.39 is 0 Å². The summed E-state index contributed by atoms with van der Waals surface area (Å²) in [6, 6.07) is 4.05. The maximum Gasteiger partial charge on any atom is 0.246 e. The van der Waals surface area contributed by atoms with Gasteiger partial charge in [0.1, 0.15) is 0 Å². The molecule has 0 aromatic carbocycles. The Morgan fingerprint density at radius 3 is 2.94 bits per heavy atom. The van der Waals surface area contributed by atoms with Crippen molar-refractivity contribution in [3.8, 4) is 0 Å². The summed E-state index contributed by atoms with van der Waals surface area (Å²) >= 11 is 1.67. The lowest BCUT2D eigenvalue weighted by atomic mass is 9.96. The first-order valence-electron chi connectivity index (χ1n) is 6.28. The summed E-state index contributed by atoms with van der Waals surface area (Å²) in [6.45, 7) is 5.27. The van der Waals surface area contributed by atoms with Gasteiger partial charge in [-0.05, 0) is 37.5 Å². The highest BCUT2D eigenvalue weighted by Crippen LogP contribution is 2.19. The van der Waals surface area contributed by atoms with E-state index in [2.05, 4.69) is 0 Å². The van der Waals surface area contributed by atoms with E-state index in [1.54, 1.807) is 22.3 Å². The molecule has 0 radical (unpaired) electrons. The van der Waals surface area contributed by atoms with Crippen molar-refractivity contribution in [1.82, 2.24) is 4.90 Å². The molecule has 0 aliphatic carbocycles. The molecule has 2 unspecified atom stereocenters. The van der Waals surface area contributed by atoms with E-state index in [1.807, 2.05) is 32.1 Å². The van der Waals surface area contributed by atoms with Crippen molar-refractivity contribution in [2.75, 3.05) is 13.1 Å². The first-order chi connectivity index (χ1) is 8.56. The van der Waals surface area contributed by atoms with Crippen molar-refractivity contribution >= 4 is 23.3 Å². The zero-order valence-corrected chi connectivity index (χ0v) is 11.6. The third-order valence-corrected chi connectivity index (χ3v) is 4.35. The summed E-state index contributed by atoms with van der Waals surface area (Å²) in [6.07, 6.45) is 3.94. The van der Waals surface area contributed by atoms with Crippen LogP contribution in [0.2, 0.25) is 0 Å². The van der Waals surface area contributed by atoms with Crippen molar-refractivity contribution in [1.29, 1.82) is 0 Å². The molecule has 1 aliphatic rings. The summed E-state index contributed by atoms with van der Waals surface area (Å²) in [4.78, 5) is 16.0. The summed E-state index contributed by atoms with van der Waals surface area (Å²) in [5, 5.41) is 9.77. The van der Waals surface area contributed by atoms with Crippen LogP contribution in [-0.4, -0.2) is 35.1 Å². The minimum absolute atomic E-state index is 0.00740. The van der Waals surface area contributed by atoms with Crippen LogP contribution in [0.1, 0.15) is 23.1 Å². The molecule has 1 aliphatic heterocycles. The minimum atomic E-state index is -0.389. The lowest BCUT2D eigenvalue weighted by Crippen LogP contribution is -2.45. The van der Waals surface area contributed by atoms with E-state index in [4.69, 9.17) is 0 Å². The van der Waals surface area contributed by atoms with Gasteiger partial charge in [-0.1, -0.05) is 6.92 Å². The number of aliphatic hydroxyl groups is 1. The fourth-order valence-electron chi connectivity index (χ4n) is 2.05.